The first-order valence-corrected chi connectivity index (χ1v) is 8.94. The SMILES string of the molecule is C=C[C@H]([C@H](O)[C@@H]1CCC(=O)O1)[Si](C)(C)C. The summed E-state index contributed by atoms with van der Waals surface area (Å²) in [6.45, 7) is 10.3. The Hall–Kier alpha value is -0.613. The molecule has 86 valence electrons. The van der Waals surface area contributed by atoms with Gasteiger partial charge in [0.15, 0.2) is 0 Å². The van der Waals surface area contributed by atoms with E-state index in [1.165, 1.54) is 0 Å². The van der Waals surface area contributed by atoms with Crippen LogP contribution in [0.3, 0.4) is 0 Å². The van der Waals surface area contributed by atoms with Gasteiger partial charge in [0.05, 0.1) is 14.2 Å². The van der Waals surface area contributed by atoms with Gasteiger partial charge in [0, 0.05) is 12.0 Å². The van der Waals surface area contributed by atoms with Gasteiger partial charge in [0.2, 0.25) is 0 Å². The number of carbonyl (C=O) groups is 1. The third kappa shape index (κ3) is 2.92. The van der Waals surface area contributed by atoms with Gasteiger partial charge in [-0.25, -0.2) is 0 Å². The van der Waals surface area contributed by atoms with E-state index in [0.717, 1.165) is 0 Å². The van der Waals surface area contributed by atoms with Crippen LogP contribution in [0.5, 0.6) is 0 Å². The number of rotatable bonds is 4. The summed E-state index contributed by atoms with van der Waals surface area (Å²) in [5.41, 5.74) is 0.0772. The molecule has 0 bridgehead atoms. The normalized spacial score (nSPS) is 25.9. The Balaban J connectivity index is 2.69. The van der Waals surface area contributed by atoms with Crippen LogP contribution < -0.4 is 0 Å². The van der Waals surface area contributed by atoms with Crippen molar-refractivity contribution < 1.29 is 14.6 Å². The van der Waals surface area contributed by atoms with Gasteiger partial charge in [-0.3, -0.25) is 4.79 Å². The molecule has 1 aliphatic rings. The molecule has 15 heavy (non-hydrogen) atoms. The first-order valence-electron chi connectivity index (χ1n) is 5.36. The van der Waals surface area contributed by atoms with Crippen LogP contribution >= 0.6 is 0 Å². The number of carbonyl (C=O) groups excluding carboxylic acids is 1. The Labute approximate surface area is 92.1 Å². The molecule has 1 fully saturated rings. The van der Waals surface area contributed by atoms with Crippen LogP contribution in [0.4, 0.5) is 0 Å². The van der Waals surface area contributed by atoms with Crippen molar-refractivity contribution in [3.8, 4) is 0 Å². The highest BCUT2D eigenvalue weighted by Gasteiger charge is 2.39. The highest BCUT2D eigenvalue weighted by Crippen LogP contribution is 2.32. The average molecular weight is 228 g/mol. The van der Waals surface area contributed by atoms with Gasteiger partial charge in [-0.05, 0) is 6.42 Å². The molecule has 3 nitrogen and oxygen atoms in total. The zero-order valence-electron chi connectivity index (χ0n) is 9.69. The highest BCUT2D eigenvalue weighted by molar-refractivity contribution is 6.78. The molecule has 0 amide bonds. The van der Waals surface area contributed by atoms with E-state index in [9.17, 15) is 9.90 Å². The third-order valence-corrected chi connectivity index (χ3v) is 5.50. The maximum Gasteiger partial charge on any atom is 0.306 e. The summed E-state index contributed by atoms with van der Waals surface area (Å²) >= 11 is 0. The Morgan fingerprint density at radius 3 is 2.53 bits per heavy atom. The largest absolute Gasteiger partial charge is 0.460 e. The fraction of sp³-hybridized carbons (Fsp3) is 0.727. The van der Waals surface area contributed by atoms with Crippen molar-refractivity contribution in [2.75, 3.05) is 0 Å². The van der Waals surface area contributed by atoms with Crippen LogP contribution in [-0.2, 0) is 9.53 Å². The van der Waals surface area contributed by atoms with Crippen molar-refractivity contribution in [1.82, 2.24) is 0 Å². The van der Waals surface area contributed by atoms with E-state index >= 15 is 0 Å². The number of esters is 1. The van der Waals surface area contributed by atoms with Gasteiger partial charge < -0.3 is 9.84 Å². The van der Waals surface area contributed by atoms with Crippen LogP contribution in [0.25, 0.3) is 0 Å². The maximum atomic E-state index is 11.0. The molecule has 0 unspecified atom stereocenters. The molecule has 0 saturated carbocycles. The van der Waals surface area contributed by atoms with Crippen molar-refractivity contribution in [3.63, 3.8) is 0 Å². The number of aliphatic hydroxyl groups is 1. The van der Waals surface area contributed by atoms with Crippen LogP contribution in [0.2, 0.25) is 25.2 Å². The van der Waals surface area contributed by atoms with Crippen LogP contribution in [0, 0.1) is 0 Å². The molecule has 0 aromatic heterocycles. The van der Waals surface area contributed by atoms with Gasteiger partial charge in [0.25, 0.3) is 0 Å². The van der Waals surface area contributed by atoms with Gasteiger partial charge in [0.1, 0.15) is 6.10 Å². The van der Waals surface area contributed by atoms with Crippen molar-refractivity contribution in [2.45, 2.75) is 50.2 Å². The van der Waals surface area contributed by atoms with E-state index in [-0.39, 0.29) is 17.6 Å². The van der Waals surface area contributed by atoms with Gasteiger partial charge >= 0.3 is 5.97 Å². The second-order valence-corrected chi connectivity index (χ2v) is 10.6. The molecule has 1 rings (SSSR count). The predicted octanol–water partition coefficient (Wildman–Crippen LogP) is 1.95. The number of ether oxygens (including phenoxy) is 1. The molecule has 1 saturated heterocycles. The standard InChI is InChI=1S/C11H20O3Si/c1-5-9(15(2,3)4)11(13)8-6-7-10(12)14-8/h5,8-9,11,13H,1,6-7H2,2-4H3/t8-,9+,11+/m0/s1. The lowest BCUT2D eigenvalue weighted by molar-refractivity contribution is -0.145. The number of hydrogen-bond acceptors (Lipinski definition) is 3. The molecule has 3 atom stereocenters. The zero-order chi connectivity index (χ0) is 11.6. The molecule has 1 aliphatic heterocycles. The summed E-state index contributed by atoms with van der Waals surface area (Å²) in [7, 11) is -1.50. The van der Waals surface area contributed by atoms with Gasteiger partial charge in [-0.15, -0.1) is 6.58 Å². The van der Waals surface area contributed by atoms with E-state index in [0.29, 0.717) is 12.8 Å². The summed E-state index contributed by atoms with van der Waals surface area (Å²) in [6.07, 6.45) is 1.96. The van der Waals surface area contributed by atoms with E-state index in [1.54, 1.807) is 0 Å². The molecule has 0 aliphatic carbocycles. The number of hydrogen-bond donors (Lipinski definition) is 1. The number of cyclic esters (lactones) is 1. The summed E-state index contributed by atoms with van der Waals surface area (Å²) in [5, 5.41) is 10.1. The average Bonchev–Trinajstić information content (AvgIpc) is 2.50. The van der Waals surface area contributed by atoms with Crippen molar-refractivity contribution in [3.05, 3.63) is 12.7 Å². The summed E-state index contributed by atoms with van der Waals surface area (Å²) in [5.74, 6) is -0.197. The Kier molecular flexibility index (Phi) is 3.73. The Bertz CT molecular complexity index is 257. The quantitative estimate of drug-likeness (QED) is 0.454. The van der Waals surface area contributed by atoms with Gasteiger partial charge in [-0.2, -0.15) is 0 Å². The Morgan fingerprint density at radius 1 is 1.60 bits per heavy atom. The molecule has 0 spiro atoms. The molecule has 1 N–H and O–H groups in total. The fourth-order valence-corrected chi connectivity index (χ4v) is 3.97. The van der Waals surface area contributed by atoms with Gasteiger partial charge in [-0.1, -0.05) is 25.7 Å². The zero-order valence-corrected chi connectivity index (χ0v) is 10.7. The molecule has 4 heteroatoms. The van der Waals surface area contributed by atoms with E-state index in [4.69, 9.17) is 4.74 Å². The number of aliphatic hydroxyl groups excluding tert-OH is 1. The van der Waals surface area contributed by atoms with Crippen LogP contribution in [0.15, 0.2) is 12.7 Å². The molecular formula is C11H20O3Si. The minimum atomic E-state index is -1.50. The predicted molar refractivity (Wildman–Crippen MR) is 62.4 cm³/mol. The smallest absolute Gasteiger partial charge is 0.306 e. The minimum Gasteiger partial charge on any atom is -0.460 e. The van der Waals surface area contributed by atoms with E-state index in [1.807, 2.05) is 6.08 Å². The lowest BCUT2D eigenvalue weighted by Crippen LogP contribution is -2.41. The maximum absolute atomic E-state index is 11.0. The van der Waals surface area contributed by atoms with Crippen molar-refractivity contribution in [1.29, 1.82) is 0 Å². The monoisotopic (exact) mass is 228 g/mol. The van der Waals surface area contributed by atoms with Crippen LogP contribution in [-0.4, -0.2) is 31.4 Å². The second kappa shape index (κ2) is 4.49. The minimum absolute atomic E-state index is 0.0772. The molecule has 1 heterocycles. The second-order valence-electron chi connectivity index (χ2n) is 5.19. The molecule has 0 aromatic carbocycles. The summed E-state index contributed by atoms with van der Waals surface area (Å²) in [4.78, 5) is 11.0. The first-order chi connectivity index (χ1) is 6.86. The highest BCUT2D eigenvalue weighted by atomic mass is 28.3. The fourth-order valence-electron chi connectivity index (χ4n) is 2.02. The van der Waals surface area contributed by atoms with E-state index < -0.39 is 14.2 Å². The molecule has 0 aromatic rings. The summed E-state index contributed by atoms with van der Waals surface area (Å²) < 4.78 is 5.09. The third-order valence-electron chi connectivity index (χ3n) is 2.92. The lowest BCUT2D eigenvalue weighted by Gasteiger charge is -2.32. The van der Waals surface area contributed by atoms with E-state index in [2.05, 4.69) is 26.2 Å². The van der Waals surface area contributed by atoms with Crippen molar-refractivity contribution in [2.24, 2.45) is 0 Å². The molecule has 0 radical (unpaired) electrons. The molecular weight excluding hydrogens is 208 g/mol. The Morgan fingerprint density at radius 2 is 2.20 bits per heavy atom. The van der Waals surface area contributed by atoms with Crippen molar-refractivity contribution >= 4 is 14.0 Å². The van der Waals surface area contributed by atoms with Crippen LogP contribution in [0.1, 0.15) is 12.8 Å². The first kappa shape index (κ1) is 12.5. The summed E-state index contributed by atoms with van der Waals surface area (Å²) in [6, 6.07) is 0. The topological polar surface area (TPSA) is 46.5 Å². The lowest BCUT2D eigenvalue weighted by atomic mass is 10.1.